The molecule has 0 saturated carbocycles. The molecule has 330 valence electrons. The van der Waals surface area contributed by atoms with E-state index in [0.29, 0.717) is 13.1 Å². The highest BCUT2D eigenvalue weighted by molar-refractivity contribution is 6.83. The molecule has 2 bridgehead atoms. The topological polar surface area (TPSA) is 136 Å². The van der Waals surface area contributed by atoms with Gasteiger partial charge in [0.05, 0.1) is 13.3 Å². The van der Waals surface area contributed by atoms with Gasteiger partial charge in [0.1, 0.15) is 38.5 Å². The molecule has 0 saturated heterocycles. The molecule has 0 spiro atoms. The Morgan fingerprint density at radius 3 is 1.91 bits per heavy atom. The van der Waals surface area contributed by atoms with E-state index in [-0.39, 0.29) is 26.1 Å². The van der Waals surface area contributed by atoms with Crippen LogP contribution in [0.15, 0.2) is 91.0 Å². The van der Waals surface area contributed by atoms with Gasteiger partial charge in [-0.25, -0.2) is 19.2 Å². The zero-order valence-corrected chi connectivity index (χ0v) is 38.4. The van der Waals surface area contributed by atoms with E-state index in [1.165, 1.54) is 5.56 Å². The smallest absolute Gasteiger partial charge is 0.408 e. The van der Waals surface area contributed by atoms with Gasteiger partial charge in [-0.15, -0.1) is 0 Å². The van der Waals surface area contributed by atoms with Gasteiger partial charge in [0.2, 0.25) is 0 Å². The lowest BCUT2D eigenvalue weighted by molar-refractivity contribution is -0.145. The van der Waals surface area contributed by atoms with E-state index in [9.17, 15) is 19.2 Å². The number of nitrogens with zero attached hydrogens (tertiary/aromatic N) is 2. The average Bonchev–Trinajstić information content (AvgIpc) is 3.24. The summed E-state index contributed by atoms with van der Waals surface area (Å²) >= 11 is 0. The van der Waals surface area contributed by atoms with Crippen LogP contribution in [-0.4, -0.2) is 63.2 Å². The molecule has 2 amide bonds. The largest absolute Gasteiger partial charge is 0.464 e. The van der Waals surface area contributed by atoms with Crippen LogP contribution in [0.3, 0.4) is 0 Å². The van der Waals surface area contributed by atoms with Gasteiger partial charge in [-0.2, -0.15) is 0 Å². The minimum Gasteiger partial charge on any atom is -0.464 e. The van der Waals surface area contributed by atoms with Crippen molar-refractivity contribution in [1.29, 1.82) is 0 Å². The van der Waals surface area contributed by atoms with Crippen molar-refractivity contribution in [1.82, 2.24) is 10.6 Å². The zero-order chi connectivity index (χ0) is 45.9. The number of amides is 2. The number of nitrogens with one attached hydrogen (secondary N) is 2. The summed E-state index contributed by atoms with van der Waals surface area (Å²) in [4.78, 5) is 55.5. The summed E-state index contributed by atoms with van der Waals surface area (Å²) in [6.45, 7) is 15.5. The number of hydrogen-bond acceptors (Lipinski definition) is 10. The van der Waals surface area contributed by atoms with Crippen LogP contribution in [0.1, 0.15) is 73.1 Å². The van der Waals surface area contributed by atoms with Crippen LogP contribution in [0, 0.1) is 35.3 Å². The zero-order valence-electron chi connectivity index (χ0n) is 37.4. The van der Waals surface area contributed by atoms with Crippen LogP contribution >= 0.6 is 0 Å². The van der Waals surface area contributed by atoms with Gasteiger partial charge < -0.3 is 39.4 Å². The third-order valence-electron chi connectivity index (χ3n) is 9.82. The van der Waals surface area contributed by atoms with E-state index in [4.69, 9.17) is 18.9 Å². The molecule has 64 heavy (non-hydrogen) atoms. The second kappa shape index (κ2) is 20.8. The number of carbonyl (C=O) groups is 4. The van der Waals surface area contributed by atoms with Crippen LogP contribution in [-0.2, 0) is 54.7 Å². The number of hydrogen-bond donors (Lipinski definition) is 2. The second-order valence-electron chi connectivity index (χ2n) is 17.5. The molecule has 2 aliphatic rings. The maximum atomic E-state index is 13.1. The first-order valence-corrected chi connectivity index (χ1v) is 24.7. The minimum absolute atomic E-state index is 0.0625. The van der Waals surface area contributed by atoms with Crippen molar-refractivity contribution in [2.24, 2.45) is 0 Å². The quantitative estimate of drug-likeness (QED) is 0.0704. The number of fused-ring (bicyclic) bond motifs is 6. The van der Waals surface area contributed by atoms with Crippen molar-refractivity contribution in [3.8, 4) is 35.3 Å². The van der Waals surface area contributed by atoms with E-state index in [1.54, 1.807) is 27.7 Å². The van der Waals surface area contributed by atoms with Crippen molar-refractivity contribution in [3.05, 3.63) is 130 Å². The third kappa shape index (κ3) is 13.7. The van der Waals surface area contributed by atoms with Gasteiger partial charge in [0.15, 0.2) is 0 Å². The predicted molar refractivity (Wildman–Crippen MR) is 248 cm³/mol. The van der Waals surface area contributed by atoms with E-state index < -0.39 is 49.9 Å². The van der Waals surface area contributed by atoms with Crippen molar-refractivity contribution in [3.63, 3.8) is 0 Å². The van der Waals surface area contributed by atoms with Gasteiger partial charge in [0, 0.05) is 54.0 Å². The van der Waals surface area contributed by atoms with Crippen LogP contribution in [0.5, 0.6) is 0 Å². The molecule has 2 aliphatic heterocycles. The molecule has 4 aromatic carbocycles. The molecule has 2 heterocycles. The summed E-state index contributed by atoms with van der Waals surface area (Å²) in [6, 6.07) is 27.3. The van der Waals surface area contributed by atoms with Gasteiger partial charge >= 0.3 is 24.1 Å². The van der Waals surface area contributed by atoms with E-state index in [2.05, 4.69) is 80.0 Å². The molecule has 0 fully saturated rings. The summed E-state index contributed by atoms with van der Waals surface area (Å²) in [6.07, 6.45) is 1.34. The number of benzene rings is 4. The number of carbonyl (C=O) groups excluding carboxylic acids is 4. The van der Waals surface area contributed by atoms with E-state index in [1.807, 2.05) is 86.4 Å². The van der Waals surface area contributed by atoms with Crippen LogP contribution < -0.4 is 20.4 Å². The number of anilines is 2. The number of rotatable bonds is 10. The van der Waals surface area contributed by atoms with Crippen LogP contribution in [0.2, 0.25) is 19.6 Å². The first-order valence-electron chi connectivity index (χ1n) is 21.2. The molecule has 0 aromatic heterocycles. The molecule has 2 atom stereocenters. The number of alkyl carbamates (subject to hydrolysis) is 2. The van der Waals surface area contributed by atoms with Gasteiger partial charge in [-0.05, 0) is 98.5 Å². The van der Waals surface area contributed by atoms with Crippen molar-refractivity contribution in [2.45, 2.75) is 97.6 Å². The molecule has 0 unspecified atom stereocenters. The highest BCUT2D eigenvalue weighted by atomic mass is 28.3. The average molecular weight is 879 g/mol. The molecule has 0 radical (unpaired) electrons. The molecular weight excluding hydrogens is 825 g/mol. The Hall–Kier alpha value is -7.14. The maximum absolute atomic E-state index is 13.1. The Morgan fingerprint density at radius 1 is 0.703 bits per heavy atom. The standard InChI is InChI=1S/C51H54N4O8Si/c1-8-60-47(56)43(52-50(59)63-51(2,3)4)16-12-15-37-23-25-45-41(29-37)32-54-35-55(45)33-42-30-38(24-26-46(42)54)20-17-36-18-21-39(22-19-36)31-44(48(57)61-27-28-64(5,6)7)53-49(58)62-34-40-13-10-9-11-14-40/h9-11,13-14,18-19,21-26,29-30,43-44H,8,16,31-35H2,1-7H3,(H,52,59)(H,53,58)/t43-,44-/m0/s1. The minimum atomic E-state index is -1.79. The normalized spacial score (nSPS) is 13.3. The van der Waals surface area contributed by atoms with Crippen molar-refractivity contribution < 1.29 is 38.1 Å². The summed E-state index contributed by atoms with van der Waals surface area (Å²) in [7, 11) is -1.79. The fourth-order valence-corrected chi connectivity index (χ4v) is 7.24. The van der Waals surface area contributed by atoms with Crippen LogP contribution in [0.25, 0.3) is 0 Å². The summed E-state index contributed by atoms with van der Waals surface area (Å²) < 4.78 is 21.1. The summed E-state index contributed by atoms with van der Waals surface area (Å²) in [5.41, 5.74) is 11.0. The molecule has 13 heteroatoms. The van der Waals surface area contributed by atoms with E-state index in [0.717, 1.165) is 51.4 Å². The SMILES string of the molecule is CCOC(=O)[C@H](CC#Cc1ccc2c(c1)CN1CN2Cc2cc(C#Cc3ccc(C[C@H](NC(=O)OCc4ccccc4)C(=O)OC#C[Si](C)(C)C)cc3)ccc21)NC(=O)OC(C)(C)C. The fourth-order valence-electron chi connectivity index (χ4n) is 6.88. The first-order chi connectivity index (χ1) is 30.5. The van der Waals surface area contributed by atoms with Gasteiger partial charge in [-0.3, -0.25) is 0 Å². The molecule has 2 N–H and O–H groups in total. The third-order valence-corrected chi connectivity index (χ3v) is 10.7. The number of esters is 2. The molecule has 12 nitrogen and oxygen atoms in total. The summed E-state index contributed by atoms with van der Waals surface area (Å²) in [5, 5.41) is 5.25. The molecule has 6 rings (SSSR count). The van der Waals surface area contributed by atoms with Crippen LogP contribution in [0.4, 0.5) is 21.0 Å². The van der Waals surface area contributed by atoms with E-state index >= 15 is 0 Å². The molecule has 4 aromatic rings. The lowest BCUT2D eigenvalue weighted by Crippen LogP contribution is -2.46. The second-order valence-corrected chi connectivity index (χ2v) is 22.2. The molecule has 0 aliphatic carbocycles. The Morgan fingerprint density at radius 2 is 1.30 bits per heavy atom. The monoisotopic (exact) mass is 878 g/mol. The highest BCUT2D eigenvalue weighted by Gasteiger charge is 2.30. The Labute approximate surface area is 377 Å². The Bertz CT molecular complexity index is 2550. The lowest BCUT2D eigenvalue weighted by Gasteiger charge is -2.44. The molecular formula is C51H54N4O8Si. The van der Waals surface area contributed by atoms with Crippen molar-refractivity contribution in [2.75, 3.05) is 23.1 Å². The lowest BCUT2D eigenvalue weighted by atomic mass is 9.98. The summed E-state index contributed by atoms with van der Waals surface area (Å²) in [5.74, 6) is 11.6. The fraction of sp³-hybridized carbons (Fsp3) is 0.333. The predicted octanol–water partition coefficient (Wildman–Crippen LogP) is 7.80. The maximum Gasteiger partial charge on any atom is 0.408 e. The van der Waals surface area contributed by atoms with Gasteiger partial charge in [0.25, 0.3) is 0 Å². The first kappa shape index (κ1) is 46.4. The van der Waals surface area contributed by atoms with Gasteiger partial charge in [-0.1, -0.05) is 91.3 Å². The Kier molecular flexibility index (Phi) is 15.1. The Balaban J connectivity index is 1.08. The van der Waals surface area contributed by atoms with Crippen molar-refractivity contribution >= 4 is 43.6 Å². The highest BCUT2D eigenvalue weighted by Crippen LogP contribution is 2.38. The number of ether oxygens (including phenoxy) is 4.